The number of halogens is 1. The number of primary amides is 1. The molecule has 3 aromatic rings. The Morgan fingerprint density at radius 2 is 1.70 bits per heavy atom. The van der Waals surface area contributed by atoms with Gasteiger partial charge in [-0.3, -0.25) is 23.3 Å². The third-order valence-corrected chi connectivity index (χ3v) is 9.56. The summed E-state index contributed by atoms with van der Waals surface area (Å²) in [4.78, 5) is 58.0. The van der Waals surface area contributed by atoms with Crippen molar-refractivity contribution < 1.29 is 101 Å². The summed E-state index contributed by atoms with van der Waals surface area (Å²) in [7, 11) is -11.5. The van der Waals surface area contributed by atoms with Gasteiger partial charge in [-0.25, -0.2) is 14.3 Å². The second-order valence-corrected chi connectivity index (χ2v) is 13.0. The number of aromatic nitrogens is 5. The third-order valence-electron chi connectivity index (χ3n) is 6.76. The van der Waals surface area contributed by atoms with Crippen LogP contribution in [0.2, 0.25) is 5.28 Å². The van der Waals surface area contributed by atoms with Crippen LogP contribution < -0.4 is 55.2 Å². The van der Waals surface area contributed by atoms with Gasteiger partial charge in [0.2, 0.25) is 5.28 Å². The van der Waals surface area contributed by atoms with Crippen LogP contribution in [0.15, 0.2) is 35.6 Å². The van der Waals surface area contributed by atoms with Crippen molar-refractivity contribution in [1.29, 1.82) is 0 Å². The molecule has 0 bridgehead atoms. The van der Waals surface area contributed by atoms with Crippen molar-refractivity contribution in [3.63, 3.8) is 0 Å². The summed E-state index contributed by atoms with van der Waals surface area (Å²) >= 11 is 6.06. The van der Waals surface area contributed by atoms with Gasteiger partial charge in [-0.2, -0.15) is 4.57 Å². The van der Waals surface area contributed by atoms with Gasteiger partial charge in [-0.05, 0) is 17.7 Å². The summed E-state index contributed by atoms with van der Waals surface area (Å²) in [5.74, 6) is -0.790. The predicted octanol–water partition coefficient (Wildman–Crippen LogP) is -6.91. The van der Waals surface area contributed by atoms with Crippen LogP contribution in [0, 0.1) is 0 Å². The molecule has 25 heteroatoms. The minimum atomic E-state index is -5.74. The first-order valence-electron chi connectivity index (χ1n) is 12.7. The maximum atomic E-state index is 12.3. The van der Waals surface area contributed by atoms with Crippen molar-refractivity contribution in [2.45, 2.75) is 49.1 Å². The zero-order chi connectivity index (χ0) is 32.8. The Hall–Kier alpha value is -1.72. The first-order chi connectivity index (χ1) is 21.1. The fourth-order valence-corrected chi connectivity index (χ4v) is 6.89. The van der Waals surface area contributed by atoms with Crippen molar-refractivity contribution in [3.05, 3.63) is 52.1 Å². The maximum Gasteiger partial charge on any atom is 1.00 e. The first-order valence-corrected chi connectivity index (χ1v) is 16.0. The number of carbonyl (C=O) groups excluding carboxylic acids is 1. The Balaban J connectivity index is 0.00000480. The number of aliphatic hydroxyl groups excluding tert-OH is 4. The van der Waals surface area contributed by atoms with Gasteiger partial charge in [-0.1, -0.05) is 0 Å². The van der Waals surface area contributed by atoms with E-state index in [-0.39, 0.29) is 51.6 Å². The zero-order valence-corrected chi connectivity index (χ0v) is 27.9. The van der Waals surface area contributed by atoms with Gasteiger partial charge in [0.1, 0.15) is 36.1 Å². The molecule has 2 aliphatic rings. The Labute approximate surface area is 283 Å². The second-order valence-electron chi connectivity index (χ2n) is 9.72. The molecule has 0 aromatic carbocycles. The molecule has 2 fully saturated rings. The summed E-state index contributed by atoms with van der Waals surface area (Å²) in [6, 6.07) is 2.78. The fraction of sp³-hybridized carbons (Fsp3) is 0.476. The number of nitrogens with one attached hydrogen (secondary N) is 1. The molecule has 3 aromatic heterocycles. The monoisotopic (exact) mass is 720 g/mol. The number of aromatic amines is 1. The van der Waals surface area contributed by atoms with E-state index in [0.717, 1.165) is 10.9 Å². The standard InChI is InChI=1S/C21H25ClN6O15P2.Na/c22-21-26-11-17(24-7-25-18(11)34)28(21)20-15(32)13(30)10(42-20)6-40-45(37,38)43-44(35,36)39-5-9-12(29)14(31)19(41-9)27-3-1-2-8(4-27)16(23)33;/h1-4,7,9-10,12-15,19-20,29-32H,5-6H2,(H4-,23,24,25,33,34,35,36,37,38);/q;+1/p-1/t9-,10-,12-,13-,14-,15-,19-,20-;/m1./s1. The zero-order valence-electron chi connectivity index (χ0n) is 23.3. The normalized spacial score (nSPS) is 30.5. The number of phosphoric acid groups is 2. The number of hydrogen-bond donors (Lipinski definition) is 6. The third kappa shape index (κ3) is 7.77. The molecule has 21 nitrogen and oxygen atoms in total. The van der Waals surface area contributed by atoms with E-state index in [1.54, 1.807) is 0 Å². The molecule has 0 radical (unpaired) electrons. The van der Waals surface area contributed by atoms with E-state index in [0.29, 0.717) is 0 Å². The van der Waals surface area contributed by atoms with E-state index in [1.165, 1.54) is 29.1 Å². The van der Waals surface area contributed by atoms with Crippen LogP contribution in [-0.4, -0.2) is 95.7 Å². The SMILES string of the molecule is NC(=O)c1ccc[n+]([C@@H]2O[C@H](COP(=O)([O-])OP(=O)([O-])OC[C@H]3O[C@@H](n4c(Cl)nc5c(=O)[nH]cnc54)[C@H](O)[C@@H]3O)[C@@H](O)[C@H]2O)c1.[Na+]. The summed E-state index contributed by atoms with van der Waals surface area (Å²) < 4.78 is 50.7. The molecule has 5 rings (SSSR count). The molecule has 2 aliphatic heterocycles. The summed E-state index contributed by atoms with van der Waals surface area (Å²) in [5, 5.41) is 41.2. The second kappa shape index (κ2) is 14.4. The van der Waals surface area contributed by atoms with Crippen LogP contribution in [0.25, 0.3) is 11.2 Å². The van der Waals surface area contributed by atoms with Crippen molar-refractivity contribution in [2.75, 3.05) is 13.2 Å². The molecule has 7 N–H and O–H groups in total. The molecule has 2 saturated heterocycles. The minimum Gasteiger partial charge on any atom is -0.756 e. The quantitative estimate of drug-likeness (QED) is 0.0464. The van der Waals surface area contributed by atoms with E-state index < -0.39 is 89.4 Å². The molecular weight excluding hydrogens is 697 g/mol. The van der Waals surface area contributed by atoms with Gasteiger partial charge in [0, 0.05) is 6.07 Å². The number of aliphatic hydroxyl groups is 4. The fourth-order valence-electron chi connectivity index (χ4n) is 4.61. The molecule has 5 heterocycles. The van der Waals surface area contributed by atoms with E-state index in [9.17, 15) is 48.9 Å². The Morgan fingerprint density at radius 3 is 2.33 bits per heavy atom. The van der Waals surface area contributed by atoms with Crippen LogP contribution >= 0.6 is 27.2 Å². The summed E-state index contributed by atoms with van der Waals surface area (Å²) in [6.07, 6.45) is -9.22. The van der Waals surface area contributed by atoms with Crippen LogP contribution in [0.3, 0.4) is 0 Å². The maximum absolute atomic E-state index is 12.3. The average molecular weight is 721 g/mol. The average Bonchev–Trinajstić information content (AvgIpc) is 3.56. The van der Waals surface area contributed by atoms with E-state index in [2.05, 4.69) is 28.3 Å². The topological polar surface area (TPSA) is 318 Å². The van der Waals surface area contributed by atoms with Crippen molar-refractivity contribution >= 4 is 44.3 Å². The largest absolute Gasteiger partial charge is 1.00 e. The van der Waals surface area contributed by atoms with Crippen LogP contribution in [0.4, 0.5) is 0 Å². The Kier molecular flexibility index (Phi) is 11.6. The number of nitrogens with two attached hydrogens (primary N) is 1. The van der Waals surface area contributed by atoms with Crippen LogP contribution in [-0.2, 0) is 32.0 Å². The van der Waals surface area contributed by atoms with Gasteiger partial charge in [0.15, 0.2) is 35.9 Å². The molecule has 0 spiro atoms. The van der Waals surface area contributed by atoms with E-state index >= 15 is 0 Å². The van der Waals surface area contributed by atoms with Gasteiger partial charge in [0.25, 0.3) is 33.3 Å². The molecular formula is C21H24ClN6NaO15P2. The molecule has 1 amide bonds. The molecule has 2 unspecified atom stereocenters. The number of hydrogen-bond acceptors (Lipinski definition) is 17. The van der Waals surface area contributed by atoms with Gasteiger partial charge in [-0.15, -0.1) is 0 Å². The number of imidazole rings is 1. The molecule has 246 valence electrons. The van der Waals surface area contributed by atoms with Gasteiger partial charge in [0.05, 0.1) is 19.5 Å². The van der Waals surface area contributed by atoms with Crippen molar-refractivity contribution in [2.24, 2.45) is 5.73 Å². The number of rotatable bonds is 11. The minimum absolute atomic E-state index is 0. The van der Waals surface area contributed by atoms with E-state index in [1.807, 2.05) is 0 Å². The van der Waals surface area contributed by atoms with Crippen molar-refractivity contribution in [1.82, 2.24) is 19.5 Å². The number of carbonyl (C=O) groups is 1. The first kappa shape index (κ1) is 37.1. The molecule has 0 saturated carbocycles. The molecule has 10 atom stereocenters. The van der Waals surface area contributed by atoms with Crippen molar-refractivity contribution in [3.8, 4) is 0 Å². The number of fused-ring (bicyclic) bond motifs is 1. The van der Waals surface area contributed by atoms with Crippen LogP contribution in [0.1, 0.15) is 22.8 Å². The number of amides is 1. The molecule has 46 heavy (non-hydrogen) atoms. The molecule has 0 aliphatic carbocycles. The number of phosphoric ester groups is 2. The smallest absolute Gasteiger partial charge is 0.756 e. The summed E-state index contributed by atoms with van der Waals surface area (Å²) in [6.45, 7) is -2.08. The number of ether oxygens (including phenoxy) is 2. The summed E-state index contributed by atoms with van der Waals surface area (Å²) in [5.41, 5.74) is 4.26. The Morgan fingerprint density at radius 1 is 1.09 bits per heavy atom. The van der Waals surface area contributed by atoms with Gasteiger partial charge < -0.3 is 59.5 Å². The van der Waals surface area contributed by atoms with Crippen LogP contribution in [0.5, 0.6) is 0 Å². The van der Waals surface area contributed by atoms with Gasteiger partial charge >= 0.3 is 29.6 Å². The number of pyridine rings is 1. The van der Waals surface area contributed by atoms with E-state index in [4.69, 9.17) is 26.8 Å². The predicted molar refractivity (Wildman–Crippen MR) is 138 cm³/mol. The number of H-pyrrole nitrogens is 1. The number of nitrogens with zero attached hydrogens (tertiary/aromatic N) is 4. The Bertz CT molecular complexity index is 1750.